The van der Waals surface area contributed by atoms with Gasteiger partial charge in [0.05, 0.1) is 36.0 Å². The summed E-state index contributed by atoms with van der Waals surface area (Å²) in [6, 6.07) is 8.18. The summed E-state index contributed by atoms with van der Waals surface area (Å²) in [5.74, 6) is -3.98. The van der Waals surface area contributed by atoms with Crippen molar-refractivity contribution in [1.29, 1.82) is 0 Å². The molecule has 0 aliphatic carbocycles. The second kappa shape index (κ2) is 13.1. The van der Waals surface area contributed by atoms with Crippen molar-refractivity contribution in [3.05, 3.63) is 71.7 Å². The van der Waals surface area contributed by atoms with Crippen molar-refractivity contribution >= 4 is 29.2 Å². The molecule has 0 atom stereocenters. The van der Waals surface area contributed by atoms with E-state index in [1.54, 1.807) is 29.1 Å². The fourth-order valence-electron chi connectivity index (χ4n) is 3.49. The maximum atomic E-state index is 13.5. The number of carbonyl (C=O) groups excluding carboxylic acids is 1. The number of ether oxygens (including phenoxy) is 1. The van der Waals surface area contributed by atoms with E-state index in [0.29, 0.717) is 21.9 Å². The predicted molar refractivity (Wildman–Crippen MR) is 137 cm³/mol. The van der Waals surface area contributed by atoms with Crippen LogP contribution in [0.4, 0.5) is 36.4 Å². The van der Waals surface area contributed by atoms with E-state index in [9.17, 15) is 35.5 Å². The second-order valence-electron chi connectivity index (χ2n) is 8.61. The van der Waals surface area contributed by atoms with Gasteiger partial charge in [0.2, 0.25) is 5.91 Å². The molecular weight excluding hydrogens is 617 g/mol. The quantitative estimate of drug-likeness (QED) is 0.268. The lowest BCUT2D eigenvalue weighted by Gasteiger charge is -2.24. The molecule has 0 saturated carbocycles. The third-order valence-electron chi connectivity index (χ3n) is 5.40. The number of alkyl halides is 6. The Labute approximate surface area is 242 Å². The number of nitrogens with zero attached hydrogens (tertiary/aromatic N) is 6. The number of amides is 1. The Morgan fingerprint density at radius 1 is 1.07 bits per heavy atom. The summed E-state index contributed by atoms with van der Waals surface area (Å²) in [5.41, 5.74) is 2.37. The zero-order chi connectivity index (χ0) is 32.1. The molecule has 2 aromatic heterocycles. The maximum absolute atomic E-state index is 13.5. The topological polar surface area (TPSA) is 115 Å². The van der Waals surface area contributed by atoms with Gasteiger partial charge in [0.15, 0.2) is 0 Å². The Kier molecular flexibility index (Phi) is 10.0. The van der Waals surface area contributed by atoms with E-state index < -0.39 is 48.2 Å². The Balaban J connectivity index is 0.000000646. The van der Waals surface area contributed by atoms with Crippen LogP contribution in [-0.2, 0) is 16.1 Å². The number of aliphatic carboxylic acids is 1. The van der Waals surface area contributed by atoms with Crippen molar-refractivity contribution < 1.29 is 50.2 Å². The lowest BCUT2D eigenvalue weighted by atomic mass is 10.1. The van der Waals surface area contributed by atoms with Crippen molar-refractivity contribution in [2.45, 2.75) is 25.8 Å². The van der Waals surface area contributed by atoms with E-state index in [4.69, 9.17) is 26.2 Å². The molecule has 4 rings (SSSR count). The van der Waals surface area contributed by atoms with Crippen molar-refractivity contribution in [3.8, 4) is 22.7 Å². The van der Waals surface area contributed by atoms with Crippen LogP contribution < -0.4 is 9.64 Å². The minimum Gasteiger partial charge on any atom is -0.495 e. The van der Waals surface area contributed by atoms with Crippen LogP contribution in [0.5, 0.6) is 5.75 Å². The molecule has 0 aliphatic heterocycles. The fraction of sp³-hybridized carbons (Fsp3) is 0.240. The average molecular weight is 637 g/mol. The van der Waals surface area contributed by atoms with Gasteiger partial charge in [-0.15, -0.1) is 5.10 Å². The molecule has 43 heavy (non-hydrogen) atoms. The van der Waals surface area contributed by atoms with Gasteiger partial charge in [-0.05, 0) is 37.3 Å². The largest absolute Gasteiger partial charge is 0.495 e. The van der Waals surface area contributed by atoms with Crippen molar-refractivity contribution in [2.75, 3.05) is 18.6 Å². The summed E-state index contributed by atoms with van der Waals surface area (Å²) in [6.45, 7) is -0.263. The summed E-state index contributed by atoms with van der Waals surface area (Å²) in [7, 11) is 1.51. The van der Waals surface area contributed by atoms with Crippen LogP contribution >= 0.6 is 11.6 Å². The number of hydrogen-bond acceptors (Lipinski definition) is 6. The zero-order valence-electron chi connectivity index (χ0n) is 22.0. The maximum Gasteiger partial charge on any atom is 0.490 e. The van der Waals surface area contributed by atoms with Gasteiger partial charge >= 0.3 is 18.3 Å². The van der Waals surface area contributed by atoms with Crippen molar-refractivity contribution in [2.24, 2.45) is 0 Å². The summed E-state index contributed by atoms with van der Waals surface area (Å²) in [5, 5.41) is 14.6. The fourth-order valence-corrected chi connectivity index (χ4v) is 3.67. The highest BCUT2D eigenvalue weighted by molar-refractivity contribution is 6.31. The van der Waals surface area contributed by atoms with Gasteiger partial charge < -0.3 is 19.3 Å². The molecular formula is C25H20ClF7N6O4. The predicted octanol–water partition coefficient (Wildman–Crippen LogP) is 5.47. The molecule has 0 saturated heterocycles. The first-order chi connectivity index (χ1) is 20.0. The first kappa shape index (κ1) is 32.8. The lowest BCUT2D eigenvalue weighted by Crippen LogP contribution is -2.41. The van der Waals surface area contributed by atoms with Gasteiger partial charge in [-0.3, -0.25) is 4.79 Å². The number of hydrogen-bond donors (Lipinski definition) is 1. The molecule has 0 bridgehead atoms. The second-order valence-corrected chi connectivity index (χ2v) is 9.01. The first-order valence-electron chi connectivity index (χ1n) is 11.7. The van der Waals surface area contributed by atoms with Crippen LogP contribution in [0.25, 0.3) is 16.9 Å². The molecule has 4 aromatic rings. The van der Waals surface area contributed by atoms with E-state index in [-0.39, 0.29) is 5.69 Å². The molecule has 0 radical (unpaired) electrons. The number of anilines is 1. The van der Waals surface area contributed by atoms with E-state index in [2.05, 4.69) is 15.3 Å². The highest BCUT2D eigenvalue weighted by Gasteiger charge is 2.38. The standard InChI is InChI=1S/C23H19ClF4N6O2.C2HF3O2/c1-14-9-32(13-29-14)20-6-3-15(7-21(20)36-2)19-10-33(31-30-19)11-22(35)34(12-23(26,27)28)16-4-5-18(25)17(24)8-16;3-2(4,5)1(6)7/h3-10,13H,11-12H2,1-2H3;(H,6,7). The van der Waals surface area contributed by atoms with Crippen LogP contribution in [0, 0.1) is 12.7 Å². The molecule has 0 unspecified atom stereocenters. The molecule has 0 fully saturated rings. The Bertz CT molecular complexity index is 1600. The zero-order valence-corrected chi connectivity index (χ0v) is 22.7. The van der Waals surface area contributed by atoms with Crippen LogP contribution in [0.3, 0.4) is 0 Å². The molecule has 0 aliphatic rings. The van der Waals surface area contributed by atoms with E-state index in [1.165, 1.54) is 13.3 Å². The number of imidazole rings is 1. The number of carboxylic acids is 1. The lowest BCUT2D eigenvalue weighted by molar-refractivity contribution is -0.192. The van der Waals surface area contributed by atoms with E-state index in [1.807, 2.05) is 13.1 Å². The average Bonchev–Trinajstić information content (AvgIpc) is 3.57. The number of benzene rings is 2. The van der Waals surface area contributed by atoms with Gasteiger partial charge in [-0.2, -0.15) is 26.3 Å². The van der Waals surface area contributed by atoms with E-state index in [0.717, 1.165) is 34.3 Å². The molecule has 1 amide bonds. The minimum atomic E-state index is -5.08. The number of aryl methyl sites for hydroxylation is 1. The van der Waals surface area contributed by atoms with Gasteiger partial charge in [0.25, 0.3) is 0 Å². The monoisotopic (exact) mass is 636 g/mol. The number of rotatable bonds is 7. The summed E-state index contributed by atoms with van der Waals surface area (Å²) < 4.78 is 93.1. The summed E-state index contributed by atoms with van der Waals surface area (Å²) >= 11 is 5.70. The molecule has 0 spiro atoms. The Morgan fingerprint density at radius 2 is 1.74 bits per heavy atom. The van der Waals surface area contributed by atoms with Crippen LogP contribution in [0.15, 0.2) is 55.1 Å². The Morgan fingerprint density at radius 3 is 2.28 bits per heavy atom. The molecule has 2 heterocycles. The molecule has 18 heteroatoms. The SMILES string of the molecule is COc1cc(-c2cn(CC(=O)N(CC(F)(F)F)c3ccc(F)c(Cl)c3)nn2)ccc1-n1cnc(C)c1.O=C(O)C(F)(F)F. The Hall–Kier alpha value is -4.67. The van der Waals surface area contributed by atoms with Gasteiger partial charge in [-0.25, -0.2) is 18.9 Å². The third kappa shape index (κ3) is 8.91. The summed E-state index contributed by atoms with van der Waals surface area (Å²) in [4.78, 5) is 26.4. The van der Waals surface area contributed by atoms with Crippen molar-refractivity contribution in [1.82, 2.24) is 24.5 Å². The van der Waals surface area contributed by atoms with Crippen molar-refractivity contribution in [3.63, 3.8) is 0 Å². The van der Waals surface area contributed by atoms with E-state index >= 15 is 0 Å². The highest BCUT2D eigenvalue weighted by Crippen LogP contribution is 2.30. The third-order valence-corrected chi connectivity index (χ3v) is 5.69. The van der Waals surface area contributed by atoms with Crippen LogP contribution in [0.1, 0.15) is 5.69 Å². The summed E-state index contributed by atoms with van der Waals surface area (Å²) in [6.07, 6.45) is -4.87. The number of aromatic nitrogens is 5. The number of carboxylic acid groups (broad SMARTS) is 1. The highest BCUT2D eigenvalue weighted by atomic mass is 35.5. The number of methoxy groups -OCH3 is 1. The van der Waals surface area contributed by atoms with Gasteiger partial charge in [0.1, 0.15) is 30.4 Å². The number of halogens is 8. The first-order valence-corrected chi connectivity index (χ1v) is 12.1. The molecule has 2 aromatic carbocycles. The van der Waals surface area contributed by atoms with Crippen LogP contribution in [0.2, 0.25) is 5.02 Å². The molecule has 10 nitrogen and oxygen atoms in total. The number of carbonyl (C=O) groups is 2. The van der Waals surface area contributed by atoms with Gasteiger partial charge in [-0.1, -0.05) is 22.9 Å². The smallest absolute Gasteiger partial charge is 0.490 e. The molecule has 1 N–H and O–H groups in total. The normalized spacial score (nSPS) is 11.5. The minimum absolute atomic E-state index is 0.195. The van der Waals surface area contributed by atoms with Crippen LogP contribution in [-0.4, -0.2) is 67.5 Å². The van der Waals surface area contributed by atoms with Gasteiger partial charge in [0, 0.05) is 17.4 Å². The molecule has 230 valence electrons.